The van der Waals surface area contributed by atoms with Gasteiger partial charge in [0.2, 0.25) is 0 Å². The van der Waals surface area contributed by atoms with Gasteiger partial charge in [-0.3, -0.25) is 4.99 Å². The molecule has 4 heteroatoms. The van der Waals surface area contributed by atoms with Crippen molar-refractivity contribution >= 4 is 21.9 Å². The van der Waals surface area contributed by atoms with Crippen molar-refractivity contribution in [3.05, 3.63) is 11.1 Å². The van der Waals surface area contributed by atoms with E-state index in [4.69, 9.17) is 0 Å². The molecule has 0 unspecified atom stereocenters. The fraction of sp³-hybridized carbons (Fsp3) is 0.700. The highest BCUT2D eigenvalue weighted by Crippen LogP contribution is 2.17. The summed E-state index contributed by atoms with van der Waals surface area (Å²) in [5, 5.41) is 6.59. The van der Waals surface area contributed by atoms with Crippen LogP contribution in [0.4, 0.5) is 0 Å². The maximum Gasteiger partial charge on any atom is 0.191 e. The SMILES string of the molecule is C=C(Br)CNC(=NC)NC1CCCC1. The van der Waals surface area contributed by atoms with Crippen molar-refractivity contribution in [2.24, 2.45) is 4.99 Å². The number of hydrogen-bond donors (Lipinski definition) is 2. The summed E-state index contributed by atoms with van der Waals surface area (Å²) in [6.07, 6.45) is 5.19. The van der Waals surface area contributed by atoms with Crippen LogP contribution in [0.3, 0.4) is 0 Å². The van der Waals surface area contributed by atoms with Crippen molar-refractivity contribution in [2.45, 2.75) is 31.7 Å². The third-order valence-corrected chi connectivity index (χ3v) is 2.65. The van der Waals surface area contributed by atoms with Crippen LogP contribution in [-0.4, -0.2) is 25.6 Å². The van der Waals surface area contributed by atoms with E-state index in [9.17, 15) is 0 Å². The van der Waals surface area contributed by atoms with Gasteiger partial charge in [0.25, 0.3) is 0 Å². The van der Waals surface area contributed by atoms with E-state index in [0.29, 0.717) is 12.6 Å². The Morgan fingerprint density at radius 3 is 2.64 bits per heavy atom. The molecule has 1 fully saturated rings. The molecule has 0 spiro atoms. The Kier molecular flexibility index (Phi) is 5.01. The van der Waals surface area contributed by atoms with E-state index >= 15 is 0 Å². The standard InChI is InChI=1S/C10H18BrN3/c1-8(11)7-13-10(12-2)14-9-5-3-4-6-9/h9H,1,3-7H2,2H3,(H2,12,13,14). The number of halogens is 1. The van der Waals surface area contributed by atoms with Crippen LogP contribution in [-0.2, 0) is 0 Å². The van der Waals surface area contributed by atoms with Crippen LogP contribution < -0.4 is 10.6 Å². The molecule has 0 aromatic rings. The minimum Gasteiger partial charge on any atom is -0.354 e. The van der Waals surface area contributed by atoms with E-state index in [2.05, 4.69) is 38.1 Å². The van der Waals surface area contributed by atoms with Crippen molar-refractivity contribution < 1.29 is 0 Å². The van der Waals surface area contributed by atoms with Crippen LogP contribution in [0, 0.1) is 0 Å². The minimum atomic E-state index is 0.602. The number of guanidine groups is 1. The molecule has 14 heavy (non-hydrogen) atoms. The largest absolute Gasteiger partial charge is 0.354 e. The summed E-state index contributed by atoms with van der Waals surface area (Å²) in [6.45, 7) is 4.48. The van der Waals surface area contributed by atoms with Gasteiger partial charge in [-0.2, -0.15) is 0 Å². The Morgan fingerprint density at radius 2 is 2.14 bits per heavy atom. The molecule has 1 aliphatic rings. The molecule has 0 saturated heterocycles. The Hall–Kier alpha value is -0.510. The molecular weight excluding hydrogens is 242 g/mol. The second-order valence-corrected chi connectivity index (χ2v) is 4.69. The molecule has 1 saturated carbocycles. The lowest BCUT2D eigenvalue weighted by atomic mass is 10.2. The van der Waals surface area contributed by atoms with Gasteiger partial charge in [0, 0.05) is 24.1 Å². The first-order valence-corrected chi connectivity index (χ1v) is 5.82. The molecule has 0 aromatic heterocycles. The number of nitrogens with one attached hydrogen (secondary N) is 2. The Morgan fingerprint density at radius 1 is 1.50 bits per heavy atom. The number of rotatable bonds is 3. The van der Waals surface area contributed by atoms with Crippen molar-refractivity contribution in [3.8, 4) is 0 Å². The predicted molar refractivity (Wildman–Crippen MR) is 64.8 cm³/mol. The molecule has 2 N–H and O–H groups in total. The molecule has 0 aliphatic heterocycles. The molecule has 0 amide bonds. The fourth-order valence-corrected chi connectivity index (χ4v) is 1.78. The minimum absolute atomic E-state index is 0.602. The van der Waals surface area contributed by atoms with Crippen LogP contribution in [0.25, 0.3) is 0 Å². The Labute approximate surface area is 94.2 Å². The van der Waals surface area contributed by atoms with E-state index in [1.807, 2.05) is 0 Å². The molecule has 0 heterocycles. The molecule has 1 rings (SSSR count). The number of aliphatic imine (C=N–C) groups is 1. The summed E-state index contributed by atoms with van der Waals surface area (Å²) in [7, 11) is 1.79. The summed E-state index contributed by atoms with van der Waals surface area (Å²) >= 11 is 3.31. The van der Waals surface area contributed by atoms with Crippen LogP contribution in [0.1, 0.15) is 25.7 Å². The van der Waals surface area contributed by atoms with Gasteiger partial charge in [0.05, 0.1) is 0 Å². The molecule has 0 radical (unpaired) electrons. The second kappa shape index (κ2) is 6.06. The highest BCUT2D eigenvalue weighted by Gasteiger charge is 2.15. The Bertz CT molecular complexity index is 219. The van der Waals surface area contributed by atoms with Crippen LogP contribution in [0.5, 0.6) is 0 Å². The smallest absolute Gasteiger partial charge is 0.191 e. The van der Waals surface area contributed by atoms with E-state index in [1.165, 1.54) is 25.7 Å². The molecule has 0 bridgehead atoms. The van der Waals surface area contributed by atoms with Gasteiger partial charge in [-0.1, -0.05) is 35.4 Å². The average Bonchev–Trinajstić information content (AvgIpc) is 2.64. The lowest BCUT2D eigenvalue weighted by Gasteiger charge is -2.16. The zero-order chi connectivity index (χ0) is 10.4. The first-order chi connectivity index (χ1) is 6.72. The van der Waals surface area contributed by atoms with Crippen molar-refractivity contribution in [2.75, 3.05) is 13.6 Å². The van der Waals surface area contributed by atoms with Crippen molar-refractivity contribution in [1.29, 1.82) is 0 Å². The van der Waals surface area contributed by atoms with E-state index in [0.717, 1.165) is 10.4 Å². The summed E-state index contributed by atoms with van der Waals surface area (Å²) in [6, 6.07) is 0.602. The van der Waals surface area contributed by atoms with Gasteiger partial charge >= 0.3 is 0 Å². The van der Waals surface area contributed by atoms with Gasteiger partial charge < -0.3 is 10.6 Å². The predicted octanol–water partition coefficient (Wildman–Crippen LogP) is 2.00. The molecule has 0 aromatic carbocycles. The van der Waals surface area contributed by atoms with Gasteiger partial charge in [-0.25, -0.2) is 0 Å². The third-order valence-electron chi connectivity index (χ3n) is 2.37. The summed E-state index contributed by atoms with van der Waals surface area (Å²) in [5.74, 6) is 0.873. The van der Waals surface area contributed by atoms with E-state index in [1.54, 1.807) is 7.05 Å². The average molecular weight is 260 g/mol. The Balaban J connectivity index is 2.27. The third kappa shape index (κ3) is 4.13. The highest BCUT2D eigenvalue weighted by molar-refractivity contribution is 9.11. The van der Waals surface area contributed by atoms with E-state index in [-0.39, 0.29) is 0 Å². The van der Waals surface area contributed by atoms with Crippen molar-refractivity contribution in [3.63, 3.8) is 0 Å². The highest BCUT2D eigenvalue weighted by atomic mass is 79.9. The molecular formula is C10H18BrN3. The van der Waals surface area contributed by atoms with Gasteiger partial charge in [0.1, 0.15) is 0 Å². The summed E-state index contributed by atoms with van der Waals surface area (Å²) in [5.41, 5.74) is 0. The lowest BCUT2D eigenvalue weighted by Crippen LogP contribution is -2.42. The van der Waals surface area contributed by atoms with Crippen molar-refractivity contribution in [1.82, 2.24) is 10.6 Å². The first-order valence-electron chi connectivity index (χ1n) is 5.03. The molecule has 80 valence electrons. The summed E-state index contributed by atoms with van der Waals surface area (Å²) < 4.78 is 0.937. The molecule has 1 aliphatic carbocycles. The normalized spacial score (nSPS) is 18.3. The fourth-order valence-electron chi connectivity index (χ4n) is 1.64. The number of hydrogen-bond acceptors (Lipinski definition) is 1. The zero-order valence-electron chi connectivity index (χ0n) is 8.65. The maximum atomic E-state index is 4.16. The molecule has 0 atom stereocenters. The quantitative estimate of drug-likeness (QED) is 0.601. The van der Waals surface area contributed by atoms with E-state index < -0.39 is 0 Å². The van der Waals surface area contributed by atoms with Crippen LogP contribution in [0.2, 0.25) is 0 Å². The molecule has 3 nitrogen and oxygen atoms in total. The van der Waals surface area contributed by atoms with Gasteiger partial charge in [-0.15, -0.1) is 0 Å². The topological polar surface area (TPSA) is 36.4 Å². The monoisotopic (exact) mass is 259 g/mol. The first kappa shape index (κ1) is 11.6. The maximum absolute atomic E-state index is 4.16. The zero-order valence-corrected chi connectivity index (χ0v) is 10.2. The lowest BCUT2D eigenvalue weighted by molar-refractivity contribution is 0.617. The van der Waals surface area contributed by atoms with Crippen LogP contribution in [0.15, 0.2) is 16.1 Å². The second-order valence-electron chi connectivity index (χ2n) is 3.57. The van der Waals surface area contributed by atoms with Gasteiger partial charge in [0.15, 0.2) is 5.96 Å². The number of nitrogens with zero attached hydrogens (tertiary/aromatic N) is 1. The van der Waals surface area contributed by atoms with Gasteiger partial charge in [-0.05, 0) is 12.8 Å². The van der Waals surface area contributed by atoms with Crippen LogP contribution >= 0.6 is 15.9 Å². The summed E-state index contributed by atoms with van der Waals surface area (Å²) in [4.78, 5) is 4.16.